The number of likely N-dealkylation sites (N-methyl/N-ethyl adjacent to an activating group) is 1. The van der Waals surface area contributed by atoms with E-state index in [1.807, 2.05) is 18.2 Å². The number of nitrogens with zero attached hydrogens (tertiary/aromatic N) is 2. The minimum Gasteiger partial charge on any atom is -0.322 e. The molecule has 4 amide bonds. The highest BCUT2D eigenvalue weighted by atomic mass is 35.5. The molecule has 0 radical (unpaired) electrons. The Kier molecular flexibility index (Phi) is 5.72. The first kappa shape index (κ1) is 19.6. The Labute approximate surface area is 164 Å². The van der Waals surface area contributed by atoms with Gasteiger partial charge in [0, 0.05) is 11.6 Å². The average molecular weight is 393 g/mol. The van der Waals surface area contributed by atoms with Gasteiger partial charge in [-0.25, -0.2) is 4.79 Å². The Morgan fingerprint density at radius 3 is 2.74 bits per heavy atom. The lowest BCUT2D eigenvalue weighted by molar-refractivity contribution is -0.140. The minimum absolute atomic E-state index is 0.0492. The molecule has 0 aromatic heterocycles. The van der Waals surface area contributed by atoms with Gasteiger partial charge >= 0.3 is 6.03 Å². The van der Waals surface area contributed by atoms with E-state index in [1.165, 1.54) is 0 Å². The van der Waals surface area contributed by atoms with Crippen molar-refractivity contribution in [2.75, 3.05) is 13.6 Å². The lowest BCUT2D eigenvalue weighted by Crippen LogP contribution is -2.52. The molecule has 1 saturated heterocycles. The van der Waals surface area contributed by atoms with Crippen molar-refractivity contribution in [1.82, 2.24) is 20.7 Å². The lowest BCUT2D eigenvalue weighted by atomic mass is 9.77. The van der Waals surface area contributed by atoms with Crippen molar-refractivity contribution in [2.45, 2.75) is 44.7 Å². The number of carbonyl (C=O) groups is 3. The molecular weight excluding hydrogens is 368 g/mol. The van der Waals surface area contributed by atoms with Crippen molar-refractivity contribution in [1.29, 1.82) is 0 Å². The summed E-state index contributed by atoms with van der Waals surface area (Å²) in [5.41, 5.74) is 2.57. The van der Waals surface area contributed by atoms with Gasteiger partial charge in [-0.05, 0) is 56.3 Å². The number of hydrogen-bond acceptors (Lipinski definition) is 4. The highest BCUT2D eigenvalue weighted by Gasteiger charge is 2.52. The van der Waals surface area contributed by atoms with E-state index in [0.29, 0.717) is 30.3 Å². The van der Waals surface area contributed by atoms with Gasteiger partial charge in [0.1, 0.15) is 5.54 Å². The van der Waals surface area contributed by atoms with E-state index in [2.05, 4.69) is 17.7 Å². The molecule has 0 bridgehead atoms. The average Bonchev–Trinajstić information content (AvgIpc) is 2.82. The van der Waals surface area contributed by atoms with E-state index in [1.54, 1.807) is 18.0 Å². The topological polar surface area (TPSA) is 81.8 Å². The molecule has 2 fully saturated rings. The number of benzene rings is 1. The monoisotopic (exact) mass is 392 g/mol. The molecule has 0 atom stereocenters. The third-order valence-electron chi connectivity index (χ3n) is 5.28. The van der Waals surface area contributed by atoms with Gasteiger partial charge < -0.3 is 5.32 Å². The zero-order chi connectivity index (χ0) is 19.6. The third kappa shape index (κ3) is 4.42. The molecule has 1 aliphatic heterocycles. The number of imide groups is 1. The number of carbonyl (C=O) groups excluding carboxylic acids is 3. The predicted molar refractivity (Wildman–Crippen MR) is 102 cm³/mol. The van der Waals surface area contributed by atoms with Crippen molar-refractivity contribution in [2.24, 2.45) is 5.92 Å². The molecule has 1 spiro atoms. The molecular formula is C19H25ClN4O3. The van der Waals surface area contributed by atoms with Crippen LogP contribution in [0.5, 0.6) is 0 Å². The smallest absolute Gasteiger partial charge is 0.322 e. The number of amides is 4. The first-order valence-electron chi connectivity index (χ1n) is 9.18. The van der Waals surface area contributed by atoms with Gasteiger partial charge in [-0.15, -0.1) is 0 Å². The largest absolute Gasteiger partial charge is 0.344 e. The second kappa shape index (κ2) is 7.86. The van der Waals surface area contributed by atoms with Gasteiger partial charge in [0.05, 0.1) is 6.54 Å². The van der Waals surface area contributed by atoms with Crippen molar-refractivity contribution in [3.8, 4) is 0 Å². The second-order valence-corrected chi connectivity index (χ2v) is 8.11. The molecule has 2 N–H and O–H groups in total. The summed E-state index contributed by atoms with van der Waals surface area (Å²) in [6, 6.07) is 6.84. The van der Waals surface area contributed by atoms with Gasteiger partial charge in [0.2, 0.25) is 0 Å². The summed E-state index contributed by atoms with van der Waals surface area (Å²) in [5, 5.41) is 4.26. The van der Waals surface area contributed by atoms with Crippen LogP contribution in [0.25, 0.3) is 0 Å². The van der Waals surface area contributed by atoms with Crippen LogP contribution in [0.3, 0.4) is 0 Å². The summed E-state index contributed by atoms with van der Waals surface area (Å²) in [6.07, 6.45) is 2.99. The van der Waals surface area contributed by atoms with Gasteiger partial charge in [-0.1, -0.05) is 30.7 Å². The Balaban J connectivity index is 1.56. The number of hydrazine groups is 1. The van der Waals surface area contributed by atoms with Crippen LogP contribution in [0.2, 0.25) is 5.02 Å². The van der Waals surface area contributed by atoms with E-state index >= 15 is 0 Å². The van der Waals surface area contributed by atoms with Crippen LogP contribution < -0.4 is 10.7 Å². The van der Waals surface area contributed by atoms with Crippen molar-refractivity contribution in [3.05, 3.63) is 34.9 Å². The van der Waals surface area contributed by atoms with Crippen LogP contribution >= 0.6 is 11.6 Å². The fourth-order valence-electron chi connectivity index (χ4n) is 3.72. The summed E-state index contributed by atoms with van der Waals surface area (Å²) in [4.78, 5) is 39.1. The molecule has 0 unspecified atom stereocenters. The summed E-state index contributed by atoms with van der Waals surface area (Å²) in [7, 11) is 1.79. The molecule has 7 nitrogen and oxygen atoms in total. The molecule has 1 aromatic rings. The molecule has 3 rings (SSSR count). The zero-order valence-corrected chi connectivity index (χ0v) is 16.4. The number of nitrogens with one attached hydrogen (secondary N) is 2. The van der Waals surface area contributed by atoms with E-state index in [9.17, 15) is 14.4 Å². The van der Waals surface area contributed by atoms with E-state index in [-0.39, 0.29) is 12.5 Å². The summed E-state index contributed by atoms with van der Waals surface area (Å²) >= 11 is 5.97. The number of hydrogen-bond donors (Lipinski definition) is 2. The zero-order valence-electron chi connectivity index (χ0n) is 15.6. The molecule has 1 aliphatic carbocycles. The first-order chi connectivity index (χ1) is 12.8. The van der Waals surface area contributed by atoms with E-state index < -0.39 is 17.5 Å². The Hall–Kier alpha value is -2.12. The Morgan fingerprint density at radius 1 is 1.37 bits per heavy atom. The lowest BCUT2D eigenvalue weighted by Gasteiger charge is -2.33. The second-order valence-electron chi connectivity index (χ2n) is 7.67. The third-order valence-corrected chi connectivity index (χ3v) is 5.52. The quantitative estimate of drug-likeness (QED) is 0.753. The molecule has 27 heavy (non-hydrogen) atoms. The number of urea groups is 1. The van der Waals surface area contributed by atoms with Crippen LogP contribution in [0, 0.1) is 5.92 Å². The minimum atomic E-state index is -0.858. The van der Waals surface area contributed by atoms with Crippen LogP contribution in [-0.4, -0.2) is 46.9 Å². The van der Waals surface area contributed by atoms with Crippen molar-refractivity contribution in [3.63, 3.8) is 0 Å². The molecule has 1 saturated carbocycles. The molecule has 1 heterocycles. The Bertz CT molecular complexity index is 746. The predicted octanol–water partition coefficient (Wildman–Crippen LogP) is 2.30. The van der Waals surface area contributed by atoms with Crippen molar-refractivity contribution < 1.29 is 14.4 Å². The standard InChI is InChI=1S/C19H25ClN4O3/c1-13-6-8-19(9-7-13)17(26)24(18(27)21-19)22-16(25)12-23(2)11-14-4-3-5-15(20)10-14/h3-5,10,13H,6-9,11-12H2,1-2H3,(H,21,27)(H,22,25). The van der Waals surface area contributed by atoms with E-state index in [4.69, 9.17) is 11.6 Å². The Morgan fingerprint density at radius 2 is 2.07 bits per heavy atom. The maximum absolute atomic E-state index is 12.7. The SMILES string of the molecule is CC1CCC2(CC1)NC(=O)N(NC(=O)CN(C)Cc1cccc(Cl)c1)C2=O. The van der Waals surface area contributed by atoms with Gasteiger partial charge in [-0.2, -0.15) is 5.01 Å². The molecule has 2 aliphatic rings. The summed E-state index contributed by atoms with van der Waals surface area (Å²) in [5.74, 6) is -0.224. The van der Waals surface area contributed by atoms with Crippen LogP contribution in [0.15, 0.2) is 24.3 Å². The maximum atomic E-state index is 12.7. The highest BCUT2D eigenvalue weighted by molar-refractivity contribution is 6.30. The molecule has 146 valence electrons. The van der Waals surface area contributed by atoms with Crippen LogP contribution in [0.1, 0.15) is 38.2 Å². The van der Waals surface area contributed by atoms with Gasteiger partial charge in [0.15, 0.2) is 0 Å². The summed E-state index contributed by atoms with van der Waals surface area (Å²) in [6.45, 7) is 2.72. The van der Waals surface area contributed by atoms with E-state index in [0.717, 1.165) is 23.4 Å². The highest BCUT2D eigenvalue weighted by Crippen LogP contribution is 2.35. The number of halogens is 1. The summed E-state index contributed by atoms with van der Waals surface area (Å²) < 4.78 is 0. The van der Waals surface area contributed by atoms with Gasteiger partial charge in [-0.3, -0.25) is 19.9 Å². The first-order valence-corrected chi connectivity index (χ1v) is 9.56. The molecule has 1 aromatic carbocycles. The maximum Gasteiger partial charge on any atom is 0.344 e. The fraction of sp³-hybridized carbons (Fsp3) is 0.526. The molecule has 8 heteroatoms. The van der Waals surface area contributed by atoms with Crippen LogP contribution in [0.4, 0.5) is 4.79 Å². The number of rotatable bonds is 5. The normalized spacial score (nSPS) is 25.2. The van der Waals surface area contributed by atoms with Gasteiger partial charge in [0.25, 0.3) is 11.8 Å². The fourth-order valence-corrected chi connectivity index (χ4v) is 3.94. The van der Waals surface area contributed by atoms with Crippen LogP contribution in [-0.2, 0) is 16.1 Å². The van der Waals surface area contributed by atoms with Crippen molar-refractivity contribution >= 4 is 29.4 Å².